The second kappa shape index (κ2) is 12.3. The van der Waals surface area contributed by atoms with Crippen molar-refractivity contribution in [3.05, 3.63) is 88.1 Å². The maximum atomic E-state index is 12.7. The maximum Gasteiger partial charge on any atom is 0.336 e. The van der Waals surface area contributed by atoms with Gasteiger partial charge >= 0.3 is 11.9 Å². The van der Waals surface area contributed by atoms with E-state index in [4.69, 9.17) is 28.8 Å². The van der Waals surface area contributed by atoms with Crippen LogP contribution >= 0.6 is 0 Å². The van der Waals surface area contributed by atoms with E-state index in [0.29, 0.717) is 62.4 Å². The van der Waals surface area contributed by atoms with E-state index in [-0.39, 0.29) is 37.0 Å². The number of ether oxygens (including phenoxy) is 5. The molecule has 1 aliphatic heterocycles. The molecule has 0 saturated heterocycles. The number of carboxylic acid groups (broad SMARTS) is 2. The zero-order valence-corrected chi connectivity index (χ0v) is 25.0. The highest BCUT2D eigenvalue weighted by Crippen LogP contribution is 2.45. The first-order chi connectivity index (χ1) is 21.8. The summed E-state index contributed by atoms with van der Waals surface area (Å²) in [7, 11) is 3.07. The highest BCUT2D eigenvalue weighted by atomic mass is 16.7. The number of hydrogen-bond donors (Lipinski definition) is 2. The molecule has 232 valence electrons. The summed E-state index contributed by atoms with van der Waals surface area (Å²) in [6, 6.07) is 15.7. The van der Waals surface area contributed by atoms with Crippen molar-refractivity contribution in [3.8, 4) is 40.0 Å². The van der Waals surface area contributed by atoms with Crippen molar-refractivity contribution in [3.63, 3.8) is 0 Å². The molecular weight excluding hydrogens is 580 g/mol. The van der Waals surface area contributed by atoms with Gasteiger partial charge in [-0.1, -0.05) is 18.2 Å². The first-order valence-electron chi connectivity index (χ1n) is 14.4. The third-order valence-electron chi connectivity index (χ3n) is 7.85. The third kappa shape index (κ3) is 6.01. The molecule has 0 radical (unpaired) electrons. The van der Waals surface area contributed by atoms with Crippen molar-refractivity contribution in [1.29, 1.82) is 0 Å². The standard InChI is InChI=1S/C34H32N2O9/c1-19-27(13-22(33(37)38)12-21-14-30-31(45-18-44-30)16-28(21)42-3)32(36(35-19)23-8-9-23)26-11-10-24(41-2)15-29(26)43-17-20-6-4-5-7-25(20)34(39)40/h4-7,10-11,13-16,23H,8-9,12,17-18H2,1-3H3,(H,37,38)(H,39,40)/b22-13+. The normalized spacial score (nSPS) is 13.9. The summed E-state index contributed by atoms with van der Waals surface area (Å²) in [4.78, 5) is 24.5. The van der Waals surface area contributed by atoms with E-state index in [1.165, 1.54) is 13.2 Å². The lowest BCUT2D eigenvalue weighted by molar-refractivity contribution is -0.132. The van der Waals surface area contributed by atoms with E-state index in [2.05, 4.69) is 0 Å². The van der Waals surface area contributed by atoms with Crippen molar-refractivity contribution in [1.82, 2.24) is 9.78 Å². The maximum absolute atomic E-state index is 12.7. The zero-order valence-electron chi connectivity index (χ0n) is 25.0. The summed E-state index contributed by atoms with van der Waals surface area (Å²) in [5, 5.41) is 24.9. The second-order valence-corrected chi connectivity index (χ2v) is 10.8. The van der Waals surface area contributed by atoms with Crippen LogP contribution in [0.1, 0.15) is 51.6 Å². The number of methoxy groups -OCH3 is 2. The molecule has 2 aliphatic rings. The minimum Gasteiger partial charge on any atom is -0.497 e. The fourth-order valence-corrected chi connectivity index (χ4v) is 5.40. The number of benzene rings is 3. The number of rotatable bonds is 12. The Labute approximate surface area is 259 Å². The van der Waals surface area contributed by atoms with Crippen LogP contribution < -0.4 is 23.7 Å². The second-order valence-electron chi connectivity index (χ2n) is 10.8. The topological polar surface area (TPSA) is 139 Å². The number of nitrogens with zero attached hydrogens (tertiary/aromatic N) is 2. The summed E-state index contributed by atoms with van der Waals surface area (Å²) in [5.41, 5.74) is 4.09. The van der Waals surface area contributed by atoms with Gasteiger partial charge in [0, 0.05) is 46.4 Å². The van der Waals surface area contributed by atoms with E-state index in [1.807, 2.05) is 17.7 Å². The molecule has 4 aromatic rings. The van der Waals surface area contributed by atoms with Gasteiger partial charge in [0.1, 0.15) is 23.9 Å². The highest BCUT2D eigenvalue weighted by molar-refractivity contribution is 5.95. The predicted octanol–water partition coefficient (Wildman–Crippen LogP) is 5.93. The van der Waals surface area contributed by atoms with Crippen LogP contribution in [0.15, 0.2) is 60.2 Å². The first-order valence-corrected chi connectivity index (χ1v) is 14.4. The van der Waals surface area contributed by atoms with Gasteiger partial charge in [0.2, 0.25) is 6.79 Å². The van der Waals surface area contributed by atoms with Crippen LogP contribution in [0.5, 0.6) is 28.7 Å². The average Bonchev–Trinajstić information content (AvgIpc) is 3.70. The smallest absolute Gasteiger partial charge is 0.336 e. The van der Waals surface area contributed by atoms with Crippen molar-refractivity contribution >= 4 is 18.0 Å². The van der Waals surface area contributed by atoms with E-state index >= 15 is 0 Å². The van der Waals surface area contributed by atoms with Gasteiger partial charge < -0.3 is 33.9 Å². The van der Waals surface area contributed by atoms with E-state index in [0.717, 1.165) is 12.8 Å². The summed E-state index contributed by atoms with van der Waals surface area (Å²) < 4.78 is 30.2. The quantitative estimate of drug-likeness (QED) is 0.185. The van der Waals surface area contributed by atoms with Crippen LogP contribution in [0.2, 0.25) is 0 Å². The SMILES string of the molecule is COc1ccc(-c2c(/C=C(\Cc3cc4c(cc3OC)OCO4)C(=O)O)c(C)nn2C2CC2)c(OCc2ccccc2C(=O)O)c1. The Hall–Kier alpha value is -5.45. The van der Waals surface area contributed by atoms with Crippen LogP contribution in [-0.2, 0) is 17.8 Å². The third-order valence-corrected chi connectivity index (χ3v) is 7.85. The van der Waals surface area contributed by atoms with E-state index in [1.54, 1.807) is 55.7 Å². The molecule has 0 atom stereocenters. The Morgan fingerprint density at radius 3 is 2.42 bits per heavy atom. The number of fused-ring (bicyclic) bond motifs is 1. The van der Waals surface area contributed by atoms with Crippen LogP contribution in [0, 0.1) is 6.92 Å². The van der Waals surface area contributed by atoms with Gasteiger partial charge in [-0.25, -0.2) is 9.59 Å². The van der Waals surface area contributed by atoms with Gasteiger partial charge in [0.15, 0.2) is 11.5 Å². The molecule has 0 spiro atoms. The molecule has 6 rings (SSSR count). The Kier molecular flexibility index (Phi) is 8.08. The fourth-order valence-electron chi connectivity index (χ4n) is 5.40. The average molecular weight is 613 g/mol. The number of aromatic nitrogens is 2. The molecule has 1 aliphatic carbocycles. The minimum atomic E-state index is -1.09. The molecule has 0 bridgehead atoms. The lowest BCUT2D eigenvalue weighted by Crippen LogP contribution is -2.07. The summed E-state index contributed by atoms with van der Waals surface area (Å²) in [6.07, 6.45) is 3.59. The number of aliphatic carboxylic acids is 1. The fraction of sp³-hybridized carbons (Fsp3) is 0.265. The van der Waals surface area contributed by atoms with Gasteiger partial charge in [-0.2, -0.15) is 5.10 Å². The largest absolute Gasteiger partial charge is 0.497 e. The number of hydrogen-bond acceptors (Lipinski definition) is 8. The number of carbonyl (C=O) groups is 2. The van der Waals surface area contributed by atoms with Crippen LogP contribution in [0.3, 0.4) is 0 Å². The molecule has 2 N–H and O–H groups in total. The van der Waals surface area contributed by atoms with Crippen molar-refractivity contribution in [2.45, 2.75) is 38.8 Å². The van der Waals surface area contributed by atoms with Crippen molar-refractivity contribution in [2.24, 2.45) is 0 Å². The Morgan fingerprint density at radius 1 is 0.978 bits per heavy atom. The minimum absolute atomic E-state index is 0.00531. The van der Waals surface area contributed by atoms with E-state index in [9.17, 15) is 19.8 Å². The molecular formula is C34H32N2O9. The predicted molar refractivity (Wildman–Crippen MR) is 163 cm³/mol. The number of aryl methyl sites for hydroxylation is 1. The monoisotopic (exact) mass is 612 g/mol. The summed E-state index contributed by atoms with van der Waals surface area (Å²) in [5.74, 6) is 0.417. The van der Waals surface area contributed by atoms with Crippen LogP contribution in [0.25, 0.3) is 17.3 Å². The van der Waals surface area contributed by atoms with E-state index < -0.39 is 11.9 Å². The zero-order chi connectivity index (χ0) is 31.7. The number of aromatic carboxylic acids is 1. The summed E-state index contributed by atoms with van der Waals surface area (Å²) >= 11 is 0. The Balaban J connectivity index is 1.44. The van der Waals surface area contributed by atoms with Crippen LogP contribution in [-0.4, -0.2) is 52.9 Å². The molecule has 1 fully saturated rings. The molecule has 2 heterocycles. The lowest BCUT2D eigenvalue weighted by Gasteiger charge is -2.16. The Morgan fingerprint density at radius 2 is 1.73 bits per heavy atom. The molecule has 3 aromatic carbocycles. The highest BCUT2D eigenvalue weighted by Gasteiger charge is 2.31. The number of carboxylic acids is 2. The molecule has 11 heteroatoms. The molecule has 1 saturated carbocycles. The van der Waals surface area contributed by atoms with Crippen molar-refractivity contribution < 1.29 is 43.5 Å². The lowest BCUT2D eigenvalue weighted by atomic mass is 9.98. The van der Waals surface area contributed by atoms with Gasteiger partial charge in [-0.05, 0) is 50.1 Å². The molecule has 45 heavy (non-hydrogen) atoms. The van der Waals surface area contributed by atoms with Gasteiger partial charge in [-0.3, -0.25) is 4.68 Å². The first kappa shape index (κ1) is 29.6. The van der Waals surface area contributed by atoms with Gasteiger partial charge in [0.05, 0.1) is 37.2 Å². The molecule has 11 nitrogen and oxygen atoms in total. The molecule has 0 unspecified atom stereocenters. The Bertz CT molecular complexity index is 1820. The molecule has 1 aromatic heterocycles. The van der Waals surface area contributed by atoms with Crippen molar-refractivity contribution in [2.75, 3.05) is 21.0 Å². The van der Waals surface area contributed by atoms with Crippen LogP contribution in [0.4, 0.5) is 0 Å². The van der Waals surface area contributed by atoms with Gasteiger partial charge in [0.25, 0.3) is 0 Å². The summed E-state index contributed by atoms with van der Waals surface area (Å²) in [6.45, 7) is 1.93. The molecule has 0 amide bonds. The van der Waals surface area contributed by atoms with Gasteiger partial charge in [-0.15, -0.1) is 0 Å².